The highest BCUT2D eigenvalue weighted by Crippen LogP contribution is 2.16. The molecule has 0 spiro atoms. The molecule has 0 saturated heterocycles. The van der Waals surface area contributed by atoms with E-state index in [4.69, 9.17) is 5.11 Å². The fourth-order valence-corrected chi connectivity index (χ4v) is 1.30. The molecule has 0 aliphatic rings. The van der Waals surface area contributed by atoms with Crippen molar-refractivity contribution in [2.45, 2.75) is 18.4 Å². The summed E-state index contributed by atoms with van der Waals surface area (Å²) in [6.45, 7) is 2.02. The minimum Gasteiger partial charge on any atom is -0.392 e. The number of hydrogen-bond donors (Lipinski definition) is 2. The predicted octanol–water partition coefficient (Wildman–Crippen LogP) is 2.50. The summed E-state index contributed by atoms with van der Waals surface area (Å²) >= 11 is 4.19. The fraction of sp³-hybridized carbons (Fsp3) is 0.200. The maximum Gasteiger partial charge on any atom is 0.0688 e. The average Bonchev–Trinajstić information content (AvgIpc) is 2.08. The van der Waals surface area contributed by atoms with Crippen LogP contribution in [0, 0.1) is 0 Å². The molecule has 0 aromatic heterocycles. The van der Waals surface area contributed by atoms with Crippen LogP contribution in [0.1, 0.15) is 18.1 Å². The second-order valence-corrected chi connectivity index (χ2v) is 3.06. The average molecular weight is 180 g/mol. The summed E-state index contributed by atoms with van der Waals surface area (Å²) in [4.78, 5) is 0.882. The Kier molecular flexibility index (Phi) is 3.38. The highest BCUT2D eigenvalue weighted by molar-refractivity contribution is 7.80. The Bertz CT molecular complexity index is 292. The van der Waals surface area contributed by atoms with E-state index in [1.54, 1.807) is 0 Å². The SMILES string of the molecule is CC=Cc1ccc(S)cc1CO. The normalized spacial score (nSPS) is 10.9. The fourth-order valence-electron chi connectivity index (χ4n) is 1.07. The van der Waals surface area contributed by atoms with Gasteiger partial charge in [0.25, 0.3) is 0 Å². The number of hydrogen-bond acceptors (Lipinski definition) is 2. The molecule has 1 rings (SSSR count). The molecular weight excluding hydrogens is 168 g/mol. The van der Waals surface area contributed by atoms with E-state index in [2.05, 4.69) is 12.6 Å². The molecule has 0 radical (unpaired) electrons. The lowest BCUT2D eigenvalue weighted by Gasteiger charge is -2.02. The monoisotopic (exact) mass is 180 g/mol. The van der Waals surface area contributed by atoms with Gasteiger partial charge in [-0.15, -0.1) is 12.6 Å². The second-order valence-electron chi connectivity index (χ2n) is 2.54. The van der Waals surface area contributed by atoms with Crippen LogP contribution in [0.5, 0.6) is 0 Å². The number of aliphatic hydroxyl groups is 1. The van der Waals surface area contributed by atoms with Gasteiger partial charge in [0.15, 0.2) is 0 Å². The molecule has 12 heavy (non-hydrogen) atoms. The molecule has 0 fully saturated rings. The van der Waals surface area contributed by atoms with E-state index >= 15 is 0 Å². The first-order valence-corrected chi connectivity index (χ1v) is 4.28. The Hall–Kier alpha value is -0.730. The van der Waals surface area contributed by atoms with Gasteiger partial charge in [0, 0.05) is 4.90 Å². The molecule has 0 atom stereocenters. The van der Waals surface area contributed by atoms with Crippen LogP contribution in [0.2, 0.25) is 0 Å². The van der Waals surface area contributed by atoms with Crippen molar-refractivity contribution in [3.63, 3.8) is 0 Å². The Labute approximate surface area is 78.2 Å². The minimum absolute atomic E-state index is 0.0636. The smallest absolute Gasteiger partial charge is 0.0688 e. The topological polar surface area (TPSA) is 20.2 Å². The van der Waals surface area contributed by atoms with E-state index in [9.17, 15) is 0 Å². The summed E-state index contributed by atoms with van der Waals surface area (Å²) in [6.07, 6.45) is 3.92. The summed E-state index contributed by atoms with van der Waals surface area (Å²) < 4.78 is 0. The van der Waals surface area contributed by atoms with Crippen molar-refractivity contribution in [2.75, 3.05) is 0 Å². The molecule has 1 nitrogen and oxygen atoms in total. The zero-order chi connectivity index (χ0) is 8.97. The van der Waals surface area contributed by atoms with Crippen LogP contribution < -0.4 is 0 Å². The molecule has 2 heteroatoms. The molecule has 64 valence electrons. The van der Waals surface area contributed by atoms with Crippen LogP contribution >= 0.6 is 12.6 Å². The van der Waals surface area contributed by atoms with Crippen molar-refractivity contribution < 1.29 is 5.11 Å². The number of aliphatic hydroxyl groups excluding tert-OH is 1. The second kappa shape index (κ2) is 4.33. The number of thiol groups is 1. The Morgan fingerprint density at radius 2 is 2.25 bits per heavy atom. The van der Waals surface area contributed by atoms with Gasteiger partial charge in [-0.1, -0.05) is 18.2 Å². The molecule has 1 aromatic rings. The van der Waals surface area contributed by atoms with Gasteiger partial charge in [-0.25, -0.2) is 0 Å². The van der Waals surface area contributed by atoms with Crippen molar-refractivity contribution >= 4 is 18.7 Å². The van der Waals surface area contributed by atoms with E-state index < -0.39 is 0 Å². The van der Waals surface area contributed by atoms with E-state index in [1.165, 1.54) is 0 Å². The van der Waals surface area contributed by atoms with Crippen LogP contribution in [0.4, 0.5) is 0 Å². The number of allylic oxidation sites excluding steroid dienone is 1. The van der Waals surface area contributed by atoms with Crippen LogP contribution in [-0.2, 0) is 6.61 Å². The molecular formula is C10H12OS. The van der Waals surface area contributed by atoms with Gasteiger partial charge in [-0.2, -0.15) is 0 Å². The van der Waals surface area contributed by atoms with Gasteiger partial charge in [0.05, 0.1) is 6.61 Å². The molecule has 1 aromatic carbocycles. The summed E-state index contributed by atoms with van der Waals surface area (Å²) in [5.74, 6) is 0. The quantitative estimate of drug-likeness (QED) is 0.670. The van der Waals surface area contributed by atoms with E-state index in [0.717, 1.165) is 16.0 Å². The summed E-state index contributed by atoms with van der Waals surface area (Å²) in [5.41, 5.74) is 1.97. The summed E-state index contributed by atoms with van der Waals surface area (Å²) in [6, 6.07) is 5.74. The zero-order valence-corrected chi connectivity index (χ0v) is 7.88. The lowest BCUT2D eigenvalue weighted by Crippen LogP contribution is -1.87. The summed E-state index contributed by atoms with van der Waals surface area (Å²) in [5, 5.41) is 9.00. The van der Waals surface area contributed by atoms with Crippen LogP contribution in [0.25, 0.3) is 6.08 Å². The maximum absolute atomic E-state index is 9.00. The number of benzene rings is 1. The Morgan fingerprint density at radius 3 is 2.83 bits per heavy atom. The lowest BCUT2D eigenvalue weighted by molar-refractivity contribution is 0.281. The van der Waals surface area contributed by atoms with Gasteiger partial charge in [-0.3, -0.25) is 0 Å². The van der Waals surface area contributed by atoms with Crippen molar-refractivity contribution in [1.29, 1.82) is 0 Å². The third kappa shape index (κ3) is 2.13. The highest BCUT2D eigenvalue weighted by atomic mass is 32.1. The third-order valence-corrected chi connectivity index (χ3v) is 1.92. The van der Waals surface area contributed by atoms with E-state index in [1.807, 2.05) is 37.3 Å². The summed E-state index contributed by atoms with van der Waals surface area (Å²) in [7, 11) is 0. The molecule has 0 saturated carbocycles. The molecule has 0 unspecified atom stereocenters. The van der Waals surface area contributed by atoms with Crippen molar-refractivity contribution in [3.8, 4) is 0 Å². The molecule has 0 aliphatic carbocycles. The van der Waals surface area contributed by atoms with Crippen LogP contribution in [0.3, 0.4) is 0 Å². The Morgan fingerprint density at radius 1 is 1.50 bits per heavy atom. The number of rotatable bonds is 2. The lowest BCUT2D eigenvalue weighted by atomic mass is 10.1. The van der Waals surface area contributed by atoms with Gasteiger partial charge in [0.1, 0.15) is 0 Å². The van der Waals surface area contributed by atoms with Crippen LogP contribution in [0.15, 0.2) is 29.2 Å². The van der Waals surface area contributed by atoms with Gasteiger partial charge >= 0.3 is 0 Å². The molecule has 0 amide bonds. The minimum atomic E-state index is 0.0636. The van der Waals surface area contributed by atoms with Gasteiger partial charge in [0.2, 0.25) is 0 Å². The van der Waals surface area contributed by atoms with E-state index in [0.29, 0.717) is 0 Å². The Balaban J connectivity index is 3.10. The van der Waals surface area contributed by atoms with E-state index in [-0.39, 0.29) is 6.61 Å². The first kappa shape index (κ1) is 9.36. The van der Waals surface area contributed by atoms with Crippen molar-refractivity contribution in [1.82, 2.24) is 0 Å². The zero-order valence-electron chi connectivity index (χ0n) is 6.99. The largest absolute Gasteiger partial charge is 0.392 e. The van der Waals surface area contributed by atoms with Crippen LogP contribution in [-0.4, -0.2) is 5.11 Å². The van der Waals surface area contributed by atoms with Crippen molar-refractivity contribution in [3.05, 3.63) is 35.4 Å². The third-order valence-electron chi connectivity index (χ3n) is 1.64. The maximum atomic E-state index is 9.00. The standard InChI is InChI=1S/C10H12OS/c1-2-3-8-4-5-10(12)6-9(8)7-11/h2-6,11-12H,7H2,1H3. The molecule has 0 heterocycles. The molecule has 0 aliphatic heterocycles. The first-order valence-electron chi connectivity index (χ1n) is 3.83. The predicted molar refractivity (Wildman–Crippen MR) is 54.3 cm³/mol. The van der Waals surface area contributed by atoms with Crippen molar-refractivity contribution in [2.24, 2.45) is 0 Å². The van der Waals surface area contributed by atoms with Gasteiger partial charge < -0.3 is 5.11 Å². The highest BCUT2D eigenvalue weighted by Gasteiger charge is 1.97. The first-order chi connectivity index (χ1) is 5.77. The van der Waals surface area contributed by atoms with Gasteiger partial charge in [-0.05, 0) is 30.2 Å². The molecule has 0 bridgehead atoms. The molecule has 1 N–H and O–H groups in total.